The maximum Gasteiger partial charge on any atom is 0.416 e. The maximum absolute atomic E-state index is 13.1. The molecule has 3 N–H and O–H groups in total. The largest absolute Gasteiger partial charge is 0.416 e. The van der Waals surface area contributed by atoms with Crippen molar-refractivity contribution >= 4 is 28.7 Å². The molecule has 1 aliphatic rings. The number of anilines is 3. The zero-order valence-electron chi connectivity index (χ0n) is 18.4. The quantitative estimate of drug-likeness (QED) is 0.504. The molecule has 0 bridgehead atoms. The molecule has 172 valence electrons. The summed E-state index contributed by atoms with van der Waals surface area (Å²) in [5.74, 6) is 1.48. The number of hydrogen-bond acceptors (Lipinski definition) is 6. The fraction of sp³-hybridized carbons (Fsp3) is 0.500. The molecule has 0 radical (unpaired) electrons. The Labute approximate surface area is 184 Å². The second kappa shape index (κ2) is 8.57. The second-order valence-electron chi connectivity index (χ2n) is 9.22. The molecular formula is C22H28F3N7. The highest BCUT2D eigenvalue weighted by molar-refractivity contribution is 5.76. The summed E-state index contributed by atoms with van der Waals surface area (Å²) in [5.41, 5.74) is 0.627. The Kier molecular flexibility index (Phi) is 5.98. The van der Waals surface area contributed by atoms with Crippen LogP contribution >= 0.6 is 0 Å². The third-order valence-corrected chi connectivity index (χ3v) is 5.34. The maximum atomic E-state index is 13.1. The van der Waals surface area contributed by atoms with Crippen molar-refractivity contribution in [2.45, 2.75) is 51.9 Å². The Morgan fingerprint density at radius 1 is 1.19 bits per heavy atom. The summed E-state index contributed by atoms with van der Waals surface area (Å²) in [4.78, 5) is 13.6. The molecule has 1 unspecified atom stereocenters. The Bertz CT molecular complexity index is 1080. The fourth-order valence-electron chi connectivity index (χ4n) is 3.80. The summed E-state index contributed by atoms with van der Waals surface area (Å²) in [6.45, 7) is 8.68. The lowest BCUT2D eigenvalue weighted by Crippen LogP contribution is -2.27. The average molecular weight is 448 g/mol. The number of halogens is 3. The number of rotatable bonds is 6. The third kappa shape index (κ3) is 5.29. The molecule has 1 fully saturated rings. The lowest BCUT2D eigenvalue weighted by atomic mass is 10.1. The van der Waals surface area contributed by atoms with E-state index in [1.54, 1.807) is 12.3 Å². The third-order valence-electron chi connectivity index (χ3n) is 5.34. The minimum Gasteiger partial charge on any atom is -0.350 e. The number of nitrogens with one attached hydrogen (secondary N) is 3. The van der Waals surface area contributed by atoms with E-state index >= 15 is 0 Å². The number of hydrogen-bond donors (Lipinski definition) is 3. The van der Waals surface area contributed by atoms with Crippen LogP contribution in [0.5, 0.6) is 0 Å². The number of aryl methyl sites for hydroxylation is 1. The molecule has 10 heteroatoms. The van der Waals surface area contributed by atoms with Gasteiger partial charge in [0, 0.05) is 17.8 Å². The van der Waals surface area contributed by atoms with Crippen LogP contribution < -0.4 is 16.0 Å². The molecular weight excluding hydrogens is 419 g/mol. The first-order valence-electron chi connectivity index (χ1n) is 10.7. The molecule has 0 aliphatic carbocycles. The lowest BCUT2D eigenvalue weighted by Gasteiger charge is -2.20. The fourth-order valence-corrected chi connectivity index (χ4v) is 3.80. The predicted octanol–water partition coefficient (Wildman–Crippen LogP) is 4.80. The van der Waals surface area contributed by atoms with Crippen molar-refractivity contribution < 1.29 is 13.2 Å². The molecule has 0 saturated carbocycles. The Balaban J connectivity index is 1.69. The smallest absolute Gasteiger partial charge is 0.350 e. The van der Waals surface area contributed by atoms with E-state index in [9.17, 15) is 13.2 Å². The van der Waals surface area contributed by atoms with Gasteiger partial charge in [-0.3, -0.25) is 4.57 Å². The molecule has 32 heavy (non-hydrogen) atoms. The van der Waals surface area contributed by atoms with Gasteiger partial charge >= 0.3 is 6.18 Å². The Hall–Kier alpha value is -2.88. The van der Waals surface area contributed by atoms with Crippen LogP contribution in [0.25, 0.3) is 11.2 Å². The molecule has 3 aromatic rings. The summed E-state index contributed by atoms with van der Waals surface area (Å²) in [6, 6.07) is 5.12. The standard InChI is InChI=1S/C22H28F3N7/c1-21(2,3)31-19-27-13-17-18(30-19)32(10-8-14-7-9-26-12-14)20(29-17)28-16-6-4-5-15(11-16)22(23,24)25/h4-6,11,13-14,26H,7-10,12H2,1-3H3,(H,28,29)(H,27,30,31). The van der Waals surface area contributed by atoms with Gasteiger partial charge in [-0.25, -0.2) is 9.97 Å². The van der Waals surface area contributed by atoms with Crippen LogP contribution in [0.3, 0.4) is 0 Å². The van der Waals surface area contributed by atoms with Crippen molar-refractivity contribution in [3.63, 3.8) is 0 Å². The molecule has 0 amide bonds. The SMILES string of the molecule is CC(C)(C)Nc1ncc2nc(Nc3cccc(C(F)(F)F)c3)n(CCC3CCNC3)c2n1. The Morgan fingerprint density at radius 3 is 2.69 bits per heavy atom. The van der Waals surface area contributed by atoms with Gasteiger partial charge in [0.2, 0.25) is 11.9 Å². The van der Waals surface area contributed by atoms with Crippen LogP contribution in [0.4, 0.5) is 30.8 Å². The summed E-state index contributed by atoms with van der Waals surface area (Å²) < 4.78 is 41.4. The molecule has 1 aromatic carbocycles. The number of fused-ring (bicyclic) bond motifs is 1. The van der Waals surface area contributed by atoms with E-state index in [4.69, 9.17) is 0 Å². The summed E-state index contributed by atoms with van der Waals surface area (Å²) >= 11 is 0. The summed E-state index contributed by atoms with van der Waals surface area (Å²) in [7, 11) is 0. The van der Waals surface area contributed by atoms with Gasteiger partial charge in [0.25, 0.3) is 0 Å². The summed E-state index contributed by atoms with van der Waals surface area (Å²) in [5, 5.41) is 9.69. The number of alkyl halides is 3. The van der Waals surface area contributed by atoms with Crippen molar-refractivity contribution in [1.82, 2.24) is 24.8 Å². The van der Waals surface area contributed by atoms with Crippen molar-refractivity contribution in [3.05, 3.63) is 36.0 Å². The zero-order chi connectivity index (χ0) is 22.9. The van der Waals surface area contributed by atoms with Gasteiger partial charge in [0.15, 0.2) is 5.65 Å². The highest BCUT2D eigenvalue weighted by atomic mass is 19.4. The predicted molar refractivity (Wildman–Crippen MR) is 119 cm³/mol. The van der Waals surface area contributed by atoms with Crippen molar-refractivity contribution in [2.75, 3.05) is 23.7 Å². The van der Waals surface area contributed by atoms with E-state index in [0.717, 1.165) is 38.1 Å². The zero-order valence-corrected chi connectivity index (χ0v) is 18.4. The second-order valence-corrected chi connectivity index (χ2v) is 9.22. The molecule has 3 heterocycles. The van der Waals surface area contributed by atoms with Gasteiger partial charge in [-0.1, -0.05) is 6.07 Å². The minimum absolute atomic E-state index is 0.215. The monoisotopic (exact) mass is 447 g/mol. The first kappa shape index (κ1) is 22.3. The topological polar surface area (TPSA) is 79.7 Å². The van der Waals surface area contributed by atoms with E-state index in [2.05, 4.69) is 30.9 Å². The van der Waals surface area contributed by atoms with E-state index in [1.807, 2.05) is 25.3 Å². The van der Waals surface area contributed by atoms with Gasteiger partial charge in [-0.05, 0) is 70.8 Å². The minimum atomic E-state index is -4.41. The highest BCUT2D eigenvalue weighted by Crippen LogP contribution is 2.32. The van der Waals surface area contributed by atoms with Gasteiger partial charge in [0.05, 0.1) is 11.8 Å². The van der Waals surface area contributed by atoms with Gasteiger partial charge in [-0.2, -0.15) is 18.2 Å². The van der Waals surface area contributed by atoms with Crippen molar-refractivity contribution in [1.29, 1.82) is 0 Å². The van der Waals surface area contributed by atoms with Crippen molar-refractivity contribution in [3.8, 4) is 0 Å². The first-order chi connectivity index (χ1) is 15.1. The molecule has 7 nitrogen and oxygen atoms in total. The lowest BCUT2D eigenvalue weighted by molar-refractivity contribution is -0.137. The van der Waals surface area contributed by atoms with Crippen LogP contribution in [0, 0.1) is 5.92 Å². The van der Waals surface area contributed by atoms with Crippen LogP contribution in [0.2, 0.25) is 0 Å². The molecule has 1 saturated heterocycles. The van der Waals surface area contributed by atoms with Crippen LogP contribution in [0.1, 0.15) is 39.2 Å². The Morgan fingerprint density at radius 2 is 2.00 bits per heavy atom. The van der Waals surface area contributed by atoms with Crippen LogP contribution in [-0.4, -0.2) is 38.1 Å². The first-order valence-corrected chi connectivity index (χ1v) is 10.7. The van der Waals surface area contributed by atoms with E-state index in [1.165, 1.54) is 6.07 Å². The normalized spacial score (nSPS) is 17.1. The molecule has 0 spiro atoms. The van der Waals surface area contributed by atoms with E-state index in [0.29, 0.717) is 41.2 Å². The summed E-state index contributed by atoms with van der Waals surface area (Å²) in [6.07, 6.45) is -0.746. The van der Waals surface area contributed by atoms with E-state index in [-0.39, 0.29) is 5.54 Å². The number of aromatic nitrogens is 4. The number of nitrogens with zero attached hydrogens (tertiary/aromatic N) is 4. The molecule has 4 rings (SSSR count). The average Bonchev–Trinajstić information content (AvgIpc) is 3.32. The van der Waals surface area contributed by atoms with Gasteiger partial charge in [0.1, 0.15) is 5.52 Å². The highest BCUT2D eigenvalue weighted by Gasteiger charge is 2.30. The van der Waals surface area contributed by atoms with Crippen LogP contribution in [-0.2, 0) is 12.7 Å². The number of imidazole rings is 1. The van der Waals surface area contributed by atoms with Crippen LogP contribution in [0.15, 0.2) is 30.5 Å². The molecule has 1 aliphatic heterocycles. The van der Waals surface area contributed by atoms with Gasteiger partial charge in [-0.15, -0.1) is 0 Å². The number of benzene rings is 1. The van der Waals surface area contributed by atoms with Gasteiger partial charge < -0.3 is 16.0 Å². The molecule has 2 aromatic heterocycles. The van der Waals surface area contributed by atoms with Crippen molar-refractivity contribution in [2.24, 2.45) is 5.92 Å². The van der Waals surface area contributed by atoms with E-state index < -0.39 is 11.7 Å². The molecule has 1 atom stereocenters.